The normalized spacial score (nSPS) is 33.0. The first-order valence-corrected chi connectivity index (χ1v) is 32.1. The number of nitrogens with one attached hydrogen (secondary N) is 1. The van der Waals surface area contributed by atoms with Crippen molar-refractivity contribution in [3.05, 3.63) is 122 Å². The second-order valence-corrected chi connectivity index (χ2v) is 27.3. The summed E-state index contributed by atoms with van der Waals surface area (Å²) in [5.41, 5.74) is 16.7. The number of carbonyl (C=O) groups is 1. The van der Waals surface area contributed by atoms with E-state index >= 15 is 4.79 Å². The SMILES string of the molecule is C[C@H]1C[C@@H]2C3=C[C@@H]4C[C@@H](CC#Cc5c([C@H]6CC[C@H]7C[C@]8(CO)C=CCC[C@@H]8C(CO)=C7C(=O)C6)cc(OC6CCCC6)c(O)c5[C@@H]([C@H]4COC4CCCCC4)[C@H]3C1)N=C(N)NC1(CCCCC1)c1cccc(c1)Cc1cc(O)cc2c1. The van der Waals surface area contributed by atoms with Gasteiger partial charge in [-0.1, -0.05) is 111 Å². The maximum Gasteiger partial charge on any atom is 0.189 e. The van der Waals surface area contributed by atoms with Crippen LogP contribution in [0.15, 0.2) is 88.5 Å². The van der Waals surface area contributed by atoms with Crippen molar-refractivity contribution in [2.75, 3.05) is 19.8 Å². The smallest absolute Gasteiger partial charge is 0.189 e. The molecule has 1 spiro atoms. The van der Waals surface area contributed by atoms with Gasteiger partial charge in [0.2, 0.25) is 0 Å². The second kappa shape index (κ2) is 23.0. The molecule has 8 bridgehead atoms. The van der Waals surface area contributed by atoms with Crippen LogP contribution in [0.1, 0.15) is 218 Å². The number of aliphatic hydroxyl groups is 2. The number of nitrogens with two attached hydrogens (primary N) is 1. The molecular weight excluding hydrogens is 1010 g/mol. The lowest BCUT2D eigenvalue weighted by Gasteiger charge is -2.50. The summed E-state index contributed by atoms with van der Waals surface area (Å²) in [4.78, 5) is 20.9. The third-order valence-corrected chi connectivity index (χ3v) is 22.2. The lowest BCUT2D eigenvalue weighted by molar-refractivity contribution is -0.116. The van der Waals surface area contributed by atoms with Crippen molar-refractivity contribution < 1.29 is 34.7 Å². The molecule has 10 aliphatic rings. The van der Waals surface area contributed by atoms with Gasteiger partial charge in [-0.15, -0.1) is 0 Å². The molecule has 13 rings (SSSR count). The van der Waals surface area contributed by atoms with Crippen molar-refractivity contribution in [2.45, 2.75) is 209 Å². The molecule has 10 nitrogen and oxygen atoms in total. The van der Waals surface area contributed by atoms with Gasteiger partial charge in [0, 0.05) is 46.8 Å². The molecule has 0 unspecified atom stereocenters. The van der Waals surface area contributed by atoms with Crippen LogP contribution in [-0.2, 0) is 21.5 Å². The predicted molar refractivity (Wildman–Crippen MR) is 318 cm³/mol. The minimum Gasteiger partial charge on any atom is -0.508 e. The van der Waals surface area contributed by atoms with E-state index in [1.807, 2.05) is 12.1 Å². The molecule has 0 radical (unpaired) electrons. The Bertz CT molecular complexity index is 3050. The number of rotatable bonds is 8. The number of benzene rings is 3. The number of Topliss-reactive ketones (excluding diaryl/α,β-unsaturated/α-hetero) is 1. The van der Waals surface area contributed by atoms with Gasteiger partial charge < -0.3 is 41.0 Å². The van der Waals surface area contributed by atoms with Crippen molar-refractivity contribution in [3.63, 3.8) is 0 Å². The minimum absolute atomic E-state index is 0.00166. The lowest BCUT2D eigenvalue weighted by atomic mass is 9.55. The number of allylic oxidation sites excluding steroid dienone is 4. The summed E-state index contributed by atoms with van der Waals surface area (Å²) in [5.74, 6) is 8.72. The molecule has 1 aliphatic heterocycles. The fourth-order valence-electron chi connectivity index (χ4n) is 18.4. The highest BCUT2D eigenvalue weighted by Gasteiger charge is 2.52. The van der Waals surface area contributed by atoms with E-state index in [1.54, 1.807) is 0 Å². The van der Waals surface area contributed by atoms with Crippen LogP contribution in [0.3, 0.4) is 0 Å². The van der Waals surface area contributed by atoms with Crippen molar-refractivity contribution in [1.29, 1.82) is 0 Å². The molecule has 81 heavy (non-hydrogen) atoms. The van der Waals surface area contributed by atoms with E-state index in [0.717, 1.165) is 148 Å². The molecule has 3 aromatic carbocycles. The third kappa shape index (κ3) is 10.6. The molecule has 5 fully saturated rings. The largest absolute Gasteiger partial charge is 0.508 e. The monoisotopic (exact) mass is 1100 g/mol. The molecule has 9 aliphatic carbocycles. The fraction of sp³-hybridized carbons (Fsp3) is 0.606. The average molecular weight is 1100 g/mol. The number of ether oxygens (including phenoxy) is 2. The number of guanidine groups is 1. The maximum atomic E-state index is 15.4. The Morgan fingerprint density at radius 2 is 1.64 bits per heavy atom. The highest BCUT2D eigenvalue weighted by Crippen LogP contribution is 2.61. The number of aliphatic imine (C=N–C) groups is 1. The van der Waals surface area contributed by atoms with Crippen LogP contribution in [0.25, 0.3) is 0 Å². The molecule has 3 aromatic rings. The van der Waals surface area contributed by atoms with Gasteiger partial charge in [0.25, 0.3) is 0 Å². The van der Waals surface area contributed by atoms with Gasteiger partial charge in [-0.05, 0) is 202 Å². The number of hydrogen-bond donors (Lipinski definition) is 6. The Morgan fingerprint density at radius 3 is 2.46 bits per heavy atom. The van der Waals surface area contributed by atoms with Gasteiger partial charge in [0.05, 0.1) is 43.6 Å². The molecular formula is C71H89N3O7. The summed E-state index contributed by atoms with van der Waals surface area (Å²) in [6.07, 6.45) is 29.8. The Kier molecular flexibility index (Phi) is 15.6. The minimum atomic E-state index is -0.495. The zero-order valence-corrected chi connectivity index (χ0v) is 48.1. The number of aliphatic hydroxyl groups excluding tert-OH is 2. The van der Waals surface area contributed by atoms with Crippen LogP contribution in [0.2, 0.25) is 0 Å². The van der Waals surface area contributed by atoms with E-state index in [9.17, 15) is 20.4 Å². The summed E-state index contributed by atoms with van der Waals surface area (Å²) in [7, 11) is 0. The van der Waals surface area contributed by atoms with Crippen LogP contribution in [0, 0.1) is 52.8 Å². The number of aromatic hydroxyl groups is 2. The van der Waals surface area contributed by atoms with Crippen LogP contribution in [0.4, 0.5) is 0 Å². The van der Waals surface area contributed by atoms with Gasteiger partial charge in [0.1, 0.15) is 5.75 Å². The summed E-state index contributed by atoms with van der Waals surface area (Å²) in [6.45, 7) is 2.71. The van der Waals surface area contributed by atoms with Gasteiger partial charge >= 0.3 is 0 Å². The van der Waals surface area contributed by atoms with E-state index in [2.05, 4.69) is 78.7 Å². The van der Waals surface area contributed by atoms with E-state index in [-0.39, 0.29) is 108 Å². The number of carbonyl (C=O) groups excluding carboxylic acids is 1. The molecule has 430 valence electrons. The topological polar surface area (TPSA) is 167 Å². The van der Waals surface area contributed by atoms with Gasteiger partial charge in [-0.25, -0.2) is 4.99 Å². The van der Waals surface area contributed by atoms with Crippen molar-refractivity contribution in [3.8, 4) is 29.1 Å². The number of phenolic OH excluding ortho intramolecular Hbond substituents is 2. The zero-order valence-electron chi connectivity index (χ0n) is 48.1. The highest BCUT2D eigenvalue weighted by atomic mass is 16.5. The Morgan fingerprint density at radius 1 is 0.852 bits per heavy atom. The summed E-state index contributed by atoms with van der Waals surface area (Å²) >= 11 is 0. The van der Waals surface area contributed by atoms with Crippen LogP contribution in [-0.4, -0.2) is 70.2 Å². The molecule has 7 N–H and O–H groups in total. The van der Waals surface area contributed by atoms with Crippen LogP contribution >= 0.6 is 0 Å². The van der Waals surface area contributed by atoms with Crippen molar-refractivity contribution in [2.24, 2.45) is 51.6 Å². The Hall–Kier alpha value is -5.34. The summed E-state index contributed by atoms with van der Waals surface area (Å²) in [5, 5.41) is 51.6. The Labute approximate surface area is 481 Å². The number of fused-ring (bicyclic) bond motifs is 13. The predicted octanol–water partition coefficient (Wildman–Crippen LogP) is 13.1. The molecule has 0 aromatic heterocycles. The highest BCUT2D eigenvalue weighted by molar-refractivity contribution is 5.98. The first kappa shape index (κ1) is 54.9. The van der Waals surface area contributed by atoms with E-state index in [1.165, 1.54) is 29.5 Å². The number of hydrogen-bond acceptors (Lipinski definition) is 10. The summed E-state index contributed by atoms with van der Waals surface area (Å²) in [6, 6.07) is 17.2. The van der Waals surface area contributed by atoms with Gasteiger partial charge in [-0.3, -0.25) is 4.79 Å². The second-order valence-electron chi connectivity index (χ2n) is 27.3. The molecule has 5 saturated carbocycles. The molecule has 1 heterocycles. The van der Waals surface area contributed by atoms with Crippen LogP contribution < -0.4 is 15.8 Å². The number of ketones is 1. The van der Waals surface area contributed by atoms with Gasteiger partial charge in [-0.2, -0.15) is 0 Å². The molecule has 10 heteroatoms. The fourth-order valence-corrected chi connectivity index (χ4v) is 18.4. The standard InChI is InChI=1S/C71H89N3O7/c1-43-28-56-48-31-45(33-52(77)35-48)30-44-14-12-15-50(32-44)71(26-9-3-10-27-71)74-69(72)73-51-16-13-21-55-57(46-23-24-47-39-70(42-76)25-11-8-22-62(70)60(40-75)65(47)63(78)37-46)38-64(81-54-19-6-7-20-54)68(79)67(55)66-59(29-43)58(56)36-49(34-51)61(66)41-80-53-17-4-2-5-18-53/h11-12,14-15,25,31-33,35-36,38,43,46-47,49,51,53-54,56,59,61-62,66,75-77,79H,2-10,16-20,22-24,26-30,34,37,39-42H2,1H3,(H3,72,73,74)/t43-,46-,47-,49-,51+,56-,59-,61-,62+,66+,70-/m0/s1. The molecule has 0 amide bonds. The van der Waals surface area contributed by atoms with E-state index in [0.29, 0.717) is 56.3 Å². The van der Waals surface area contributed by atoms with Crippen molar-refractivity contribution in [1.82, 2.24) is 5.32 Å². The molecule has 11 atom stereocenters. The first-order valence-electron chi connectivity index (χ1n) is 32.1. The molecule has 0 saturated heterocycles. The maximum absolute atomic E-state index is 15.4. The number of phenols is 2. The van der Waals surface area contributed by atoms with Crippen LogP contribution in [0.5, 0.6) is 17.2 Å². The Balaban J connectivity index is 1.02. The zero-order chi connectivity index (χ0) is 55.4. The van der Waals surface area contributed by atoms with Gasteiger partial charge in [0.15, 0.2) is 23.2 Å². The quantitative estimate of drug-likeness (QED) is 0.0951. The third-order valence-electron chi connectivity index (χ3n) is 22.2. The average Bonchev–Trinajstić information content (AvgIpc) is 3.82. The van der Waals surface area contributed by atoms with Crippen molar-refractivity contribution >= 4 is 11.7 Å². The number of nitrogens with zero attached hydrogens (tertiary/aromatic N) is 1. The van der Waals surface area contributed by atoms with E-state index < -0.39 is 5.41 Å². The lowest BCUT2D eigenvalue weighted by Crippen LogP contribution is -2.50. The summed E-state index contributed by atoms with van der Waals surface area (Å²) < 4.78 is 14.4. The first-order chi connectivity index (χ1) is 39.5. The van der Waals surface area contributed by atoms with E-state index in [4.69, 9.17) is 20.2 Å².